The number of fused-ring (bicyclic) bond motifs is 1. The number of likely N-dealkylation sites (N-methyl/N-ethyl adjacent to an activating group) is 1. The van der Waals surface area contributed by atoms with Crippen LogP contribution in [0.4, 0.5) is 5.69 Å². The number of carbonyl (C=O) groups is 1. The summed E-state index contributed by atoms with van der Waals surface area (Å²) >= 11 is 12.1. The first-order valence-corrected chi connectivity index (χ1v) is 8.03. The van der Waals surface area contributed by atoms with Crippen LogP contribution in [0.5, 0.6) is 0 Å². The van der Waals surface area contributed by atoms with Crippen molar-refractivity contribution in [2.75, 3.05) is 11.9 Å². The highest BCUT2D eigenvalue weighted by atomic mass is 35.5. The highest BCUT2D eigenvalue weighted by Gasteiger charge is 2.21. The second kappa shape index (κ2) is 6.43. The van der Waals surface area contributed by atoms with Crippen LogP contribution in [0.1, 0.15) is 6.92 Å². The fraction of sp³-hybridized carbons (Fsp3) is 0.176. The number of nitrogens with zero attached hydrogens (tertiary/aromatic N) is 2. The van der Waals surface area contributed by atoms with Gasteiger partial charge in [0.25, 0.3) is 5.91 Å². The Labute approximate surface area is 148 Å². The Morgan fingerprint density at radius 2 is 1.88 bits per heavy atom. The quantitative estimate of drug-likeness (QED) is 0.741. The van der Waals surface area contributed by atoms with Crippen molar-refractivity contribution >= 4 is 45.8 Å². The molecule has 0 bridgehead atoms. The van der Waals surface area contributed by atoms with Crippen molar-refractivity contribution in [3.05, 3.63) is 46.4 Å². The van der Waals surface area contributed by atoms with Gasteiger partial charge < -0.3 is 15.0 Å². The van der Waals surface area contributed by atoms with Gasteiger partial charge in [0.05, 0.1) is 16.7 Å². The highest BCUT2D eigenvalue weighted by molar-refractivity contribution is 6.31. The number of amides is 1. The topological polar surface area (TPSA) is 69.2 Å². The number of aromatic amines is 1. The van der Waals surface area contributed by atoms with Gasteiger partial charge >= 0.3 is 0 Å². The van der Waals surface area contributed by atoms with Crippen molar-refractivity contribution in [3.63, 3.8) is 0 Å². The van der Waals surface area contributed by atoms with Crippen LogP contribution in [0, 0.1) is 0 Å². The monoisotopic (exact) mass is 363 g/mol. The largest absolute Gasteiger partial charge is 0.384 e. The normalized spacial score (nSPS) is 12.4. The molecule has 2 aromatic carbocycles. The zero-order valence-corrected chi connectivity index (χ0v) is 14.6. The number of rotatable bonds is 3. The van der Waals surface area contributed by atoms with Crippen LogP contribution in [0.25, 0.3) is 22.4 Å². The Balaban J connectivity index is 2.15. The Morgan fingerprint density at radius 3 is 2.58 bits per heavy atom. The zero-order valence-electron chi connectivity index (χ0n) is 13.0. The van der Waals surface area contributed by atoms with Gasteiger partial charge in [-0.15, -0.1) is 0 Å². The average molecular weight is 364 g/mol. The van der Waals surface area contributed by atoms with Crippen molar-refractivity contribution in [3.8, 4) is 11.4 Å². The van der Waals surface area contributed by atoms with Crippen LogP contribution >= 0.6 is 23.2 Å². The molecule has 3 aromatic rings. The van der Waals surface area contributed by atoms with Gasteiger partial charge in [0.1, 0.15) is 11.9 Å². The maximum atomic E-state index is 12.1. The van der Waals surface area contributed by atoms with Gasteiger partial charge in [0.2, 0.25) is 0 Å². The Hall–Kier alpha value is -2.08. The molecule has 0 aliphatic carbocycles. The number of aliphatic hydroxyl groups is 1. The van der Waals surface area contributed by atoms with Crippen LogP contribution in [-0.2, 0) is 4.79 Å². The summed E-state index contributed by atoms with van der Waals surface area (Å²) in [7, 11) is 1.60. The maximum Gasteiger partial charge on any atom is 0.255 e. The van der Waals surface area contributed by atoms with Gasteiger partial charge in [-0.3, -0.25) is 4.79 Å². The summed E-state index contributed by atoms with van der Waals surface area (Å²) in [5.74, 6) is 0.146. The lowest BCUT2D eigenvalue weighted by Crippen LogP contribution is -2.34. The van der Waals surface area contributed by atoms with E-state index in [9.17, 15) is 9.90 Å². The fourth-order valence-corrected chi connectivity index (χ4v) is 2.84. The minimum absolute atomic E-state index is 0.419. The van der Waals surface area contributed by atoms with Gasteiger partial charge in [0.15, 0.2) is 0 Å². The number of H-pyrrole nitrogens is 1. The number of aliphatic hydroxyl groups excluding tert-OH is 1. The van der Waals surface area contributed by atoms with Crippen molar-refractivity contribution in [1.29, 1.82) is 0 Å². The lowest BCUT2D eigenvalue weighted by Gasteiger charge is -2.21. The van der Waals surface area contributed by atoms with E-state index in [1.165, 1.54) is 11.8 Å². The molecule has 1 atom stereocenters. The third-order valence-corrected chi connectivity index (χ3v) is 4.18. The van der Waals surface area contributed by atoms with Crippen LogP contribution in [-0.4, -0.2) is 34.1 Å². The molecule has 0 aliphatic heterocycles. The summed E-state index contributed by atoms with van der Waals surface area (Å²) in [5.41, 5.74) is 2.79. The van der Waals surface area contributed by atoms with Crippen LogP contribution in [0.2, 0.25) is 10.0 Å². The first-order chi connectivity index (χ1) is 11.4. The first kappa shape index (κ1) is 16.8. The minimum Gasteiger partial charge on any atom is -0.384 e. The molecule has 5 nitrogen and oxygen atoms in total. The fourth-order valence-electron chi connectivity index (χ4n) is 2.50. The van der Waals surface area contributed by atoms with E-state index >= 15 is 0 Å². The first-order valence-electron chi connectivity index (χ1n) is 7.27. The molecule has 2 N–H and O–H groups in total. The molecule has 0 spiro atoms. The van der Waals surface area contributed by atoms with Gasteiger partial charge in [-0.25, -0.2) is 4.98 Å². The molecule has 24 heavy (non-hydrogen) atoms. The van der Waals surface area contributed by atoms with Crippen LogP contribution in [0.15, 0.2) is 36.4 Å². The zero-order chi connectivity index (χ0) is 17.4. The molecule has 0 fully saturated rings. The molecule has 1 aromatic heterocycles. The molecule has 0 aliphatic rings. The van der Waals surface area contributed by atoms with E-state index in [1.807, 2.05) is 6.07 Å². The number of hydrogen-bond donors (Lipinski definition) is 2. The molecule has 1 heterocycles. The van der Waals surface area contributed by atoms with E-state index in [0.29, 0.717) is 27.1 Å². The SMILES string of the molecule is C[C@@H](O)C(=O)N(C)c1ccc(Cl)cc1-c1nc2ccc(Cl)cc2[nH]1. The van der Waals surface area contributed by atoms with Gasteiger partial charge in [-0.05, 0) is 43.3 Å². The smallest absolute Gasteiger partial charge is 0.255 e. The predicted molar refractivity (Wildman–Crippen MR) is 96.6 cm³/mol. The maximum absolute atomic E-state index is 12.1. The summed E-state index contributed by atoms with van der Waals surface area (Å²) < 4.78 is 0. The molecule has 0 radical (unpaired) electrons. The van der Waals surface area contributed by atoms with Crippen molar-refractivity contribution in [1.82, 2.24) is 9.97 Å². The number of carbonyl (C=O) groups excluding carboxylic acids is 1. The van der Waals surface area contributed by atoms with Gasteiger partial charge in [-0.1, -0.05) is 23.2 Å². The lowest BCUT2D eigenvalue weighted by molar-refractivity contribution is -0.125. The minimum atomic E-state index is -1.10. The third kappa shape index (κ3) is 3.11. The summed E-state index contributed by atoms with van der Waals surface area (Å²) in [6.45, 7) is 1.43. The second-order valence-corrected chi connectivity index (χ2v) is 6.35. The van der Waals surface area contributed by atoms with E-state index in [0.717, 1.165) is 11.0 Å². The number of benzene rings is 2. The summed E-state index contributed by atoms with van der Waals surface area (Å²) in [6, 6.07) is 10.5. The summed E-state index contributed by atoms with van der Waals surface area (Å²) in [6.07, 6.45) is -1.10. The van der Waals surface area contributed by atoms with Crippen LogP contribution < -0.4 is 4.90 Å². The number of nitrogens with one attached hydrogen (secondary N) is 1. The molecular weight excluding hydrogens is 349 g/mol. The van der Waals surface area contributed by atoms with E-state index in [1.54, 1.807) is 37.4 Å². The lowest BCUT2D eigenvalue weighted by atomic mass is 10.1. The molecule has 124 valence electrons. The molecule has 1 amide bonds. The average Bonchev–Trinajstić information content (AvgIpc) is 2.96. The third-order valence-electron chi connectivity index (χ3n) is 3.71. The number of imidazole rings is 1. The van der Waals surface area contributed by atoms with E-state index in [2.05, 4.69) is 9.97 Å². The molecule has 0 unspecified atom stereocenters. The van der Waals surface area contributed by atoms with Crippen molar-refractivity contribution < 1.29 is 9.90 Å². The van der Waals surface area contributed by atoms with E-state index in [4.69, 9.17) is 23.2 Å². The Bertz CT molecular complexity index is 921. The number of halogens is 2. The number of hydrogen-bond acceptors (Lipinski definition) is 3. The van der Waals surface area contributed by atoms with Crippen molar-refractivity contribution in [2.45, 2.75) is 13.0 Å². The highest BCUT2D eigenvalue weighted by Crippen LogP contribution is 2.33. The Kier molecular flexibility index (Phi) is 4.49. The van der Waals surface area contributed by atoms with Gasteiger partial charge in [0, 0.05) is 22.7 Å². The standard InChI is InChI=1S/C17H15Cl2N3O2/c1-9(23)17(24)22(2)15-6-4-10(18)7-12(15)16-20-13-5-3-11(19)8-14(13)21-16/h3-9,23H,1-2H3,(H,20,21)/t9-/m1/s1. The molecule has 0 saturated heterocycles. The van der Waals surface area contributed by atoms with E-state index < -0.39 is 12.0 Å². The molecular formula is C17H15Cl2N3O2. The summed E-state index contributed by atoms with van der Waals surface area (Å²) in [4.78, 5) is 21.2. The van der Waals surface area contributed by atoms with Gasteiger partial charge in [-0.2, -0.15) is 0 Å². The summed E-state index contributed by atoms with van der Waals surface area (Å²) in [5, 5.41) is 10.7. The molecule has 0 saturated carbocycles. The van der Waals surface area contributed by atoms with Crippen LogP contribution in [0.3, 0.4) is 0 Å². The van der Waals surface area contributed by atoms with E-state index in [-0.39, 0.29) is 0 Å². The Morgan fingerprint density at radius 1 is 1.21 bits per heavy atom. The predicted octanol–water partition coefficient (Wildman–Crippen LogP) is 3.88. The number of aromatic nitrogens is 2. The number of anilines is 1. The second-order valence-electron chi connectivity index (χ2n) is 5.48. The molecule has 3 rings (SSSR count). The van der Waals surface area contributed by atoms with Crippen molar-refractivity contribution in [2.24, 2.45) is 0 Å². The molecule has 7 heteroatoms.